The first-order valence-corrected chi connectivity index (χ1v) is 7.02. The molecule has 0 spiro atoms. The van der Waals surface area contributed by atoms with Crippen molar-refractivity contribution in [3.8, 4) is 0 Å². The minimum Gasteiger partial charge on any atom is -0.370 e. The van der Waals surface area contributed by atoms with Crippen LogP contribution in [0.3, 0.4) is 0 Å². The summed E-state index contributed by atoms with van der Waals surface area (Å²) in [5, 5.41) is 3.10. The number of nitrogens with two attached hydrogens (primary N) is 1. The Balaban J connectivity index is 2.80. The lowest BCUT2D eigenvalue weighted by molar-refractivity contribution is 0.540. The van der Waals surface area contributed by atoms with Crippen LogP contribution in [0.1, 0.15) is 13.8 Å². The van der Waals surface area contributed by atoms with Crippen molar-refractivity contribution in [3.05, 3.63) is 24.3 Å². The van der Waals surface area contributed by atoms with Crippen LogP contribution in [0.2, 0.25) is 0 Å². The van der Waals surface area contributed by atoms with Crippen LogP contribution >= 0.6 is 0 Å². The zero-order chi connectivity index (χ0) is 12.3. The van der Waals surface area contributed by atoms with Crippen LogP contribution in [-0.2, 0) is 9.84 Å². The Morgan fingerprint density at radius 3 is 2.06 bits per heavy atom. The van der Waals surface area contributed by atoms with E-state index in [0.717, 1.165) is 5.69 Å². The zero-order valence-corrected chi connectivity index (χ0v) is 10.6. The summed E-state index contributed by atoms with van der Waals surface area (Å²) in [5.41, 5.74) is 6.67. The van der Waals surface area contributed by atoms with Crippen LogP contribution in [-0.4, -0.2) is 20.8 Å². The molecule has 0 aromatic heterocycles. The molecule has 1 rings (SSSR count). The highest BCUT2D eigenvalue weighted by molar-refractivity contribution is 7.90. The maximum Gasteiger partial charge on any atom is 0.175 e. The van der Waals surface area contributed by atoms with Crippen molar-refractivity contribution in [1.82, 2.24) is 0 Å². The first-order valence-electron chi connectivity index (χ1n) is 5.13. The third-order valence-corrected chi connectivity index (χ3v) is 3.46. The summed E-state index contributed by atoms with van der Waals surface area (Å²) < 4.78 is 22.5. The molecule has 5 heteroatoms. The van der Waals surface area contributed by atoms with Crippen LogP contribution in [0.4, 0.5) is 5.69 Å². The van der Waals surface area contributed by atoms with E-state index in [9.17, 15) is 8.42 Å². The first kappa shape index (κ1) is 13.0. The standard InChI is InChI=1S/C11H18N2O2S/c1-8(2)11(12)13-9-4-6-10(7-5-9)16(3,14)15/h4-8,11,13H,12H2,1-3H3. The predicted molar refractivity (Wildman–Crippen MR) is 66.0 cm³/mol. The fraction of sp³-hybridized carbons (Fsp3) is 0.455. The summed E-state index contributed by atoms with van der Waals surface area (Å²) >= 11 is 0. The molecule has 0 amide bonds. The number of anilines is 1. The predicted octanol–water partition coefficient (Wildman–Crippen LogP) is 1.44. The van der Waals surface area contributed by atoms with E-state index in [1.807, 2.05) is 13.8 Å². The van der Waals surface area contributed by atoms with E-state index in [1.54, 1.807) is 24.3 Å². The minimum atomic E-state index is -3.12. The second-order valence-corrected chi connectivity index (χ2v) is 6.23. The van der Waals surface area contributed by atoms with Gasteiger partial charge in [0.25, 0.3) is 0 Å². The third kappa shape index (κ3) is 3.50. The SMILES string of the molecule is CC(C)C(N)Nc1ccc(S(C)(=O)=O)cc1. The lowest BCUT2D eigenvalue weighted by atomic mass is 10.1. The fourth-order valence-corrected chi connectivity index (χ4v) is 1.79. The molecule has 1 aromatic rings. The van der Waals surface area contributed by atoms with Gasteiger partial charge in [-0.15, -0.1) is 0 Å². The van der Waals surface area contributed by atoms with Crippen molar-refractivity contribution in [2.45, 2.75) is 24.9 Å². The molecule has 16 heavy (non-hydrogen) atoms. The van der Waals surface area contributed by atoms with Gasteiger partial charge < -0.3 is 11.1 Å². The van der Waals surface area contributed by atoms with Crippen molar-refractivity contribution >= 4 is 15.5 Å². The Labute approximate surface area is 96.8 Å². The normalized spacial score (nSPS) is 13.8. The number of benzene rings is 1. The lowest BCUT2D eigenvalue weighted by Gasteiger charge is -2.18. The van der Waals surface area contributed by atoms with Gasteiger partial charge in [0, 0.05) is 11.9 Å². The number of hydrogen-bond acceptors (Lipinski definition) is 4. The highest BCUT2D eigenvalue weighted by Gasteiger charge is 2.09. The van der Waals surface area contributed by atoms with Gasteiger partial charge in [0.15, 0.2) is 9.84 Å². The first-order chi connectivity index (χ1) is 7.30. The van der Waals surface area contributed by atoms with Gasteiger partial charge in [-0.2, -0.15) is 0 Å². The van der Waals surface area contributed by atoms with Gasteiger partial charge >= 0.3 is 0 Å². The quantitative estimate of drug-likeness (QED) is 0.784. The molecule has 0 heterocycles. The molecular weight excluding hydrogens is 224 g/mol. The van der Waals surface area contributed by atoms with Gasteiger partial charge in [-0.1, -0.05) is 13.8 Å². The van der Waals surface area contributed by atoms with Crippen LogP contribution in [0, 0.1) is 5.92 Å². The van der Waals surface area contributed by atoms with E-state index < -0.39 is 9.84 Å². The molecule has 1 unspecified atom stereocenters. The highest BCUT2D eigenvalue weighted by Crippen LogP contribution is 2.15. The van der Waals surface area contributed by atoms with Crippen LogP contribution in [0.5, 0.6) is 0 Å². The topological polar surface area (TPSA) is 72.2 Å². The molecule has 90 valence electrons. The molecule has 0 aliphatic heterocycles. The molecule has 4 nitrogen and oxygen atoms in total. The maximum atomic E-state index is 11.2. The van der Waals surface area contributed by atoms with E-state index in [2.05, 4.69) is 5.32 Å². The Hall–Kier alpha value is -1.07. The smallest absolute Gasteiger partial charge is 0.175 e. The summed E-state index contributed by atoms with van der Waals surface area (Å²) in [4.78, 5) is 0.316. The maximum absolute atomic E-state index is 11.2. The summed E-state index contributed by atoms with van der Waals surface area (Å²) in [5.74, 6) is 0.314. The fourth-order valence-electron chi connectivity index (χ4n) is 1.16. The largest absolute Gasteiger partial charge is 0.370 e. The van der Waals surface area contributed by atoms with Gasteiger partial charge in [0.2, 0.25) is 0 Å². The van der Waals surface area contributed by atoms with E-state index in [-0.39, 0.29) is 6.17 Å². The van der Waals surface area contributed by atoms with Crippen molar-refractivity contribution in [2.24, 2.45) is 11.7 Å². The molecule has 0 fully saturated rings. The van der Waals surface area contributed by atoms with Gasteiger partial charge in [0.05, 0.1) is 11.1 Å². The Morgan fingerprint density at radius 2 is 1.69 bits per heavy atom. The van der Waals surface area contributed by atoms with Gasteiger partial charge in [0.1, 0.15) is 0 Å². The van der Waals surface area contributed by atoms with Gasteiger partial charge in [-0.3, -0.25) is 0 Å². The molecule has 0 bridgehead atoms. The highest BCUT2D eigenvalue weighted by atomic mass is 32.2. The second-order valence-electron chi connectivity index (χ2n) is 4.21. The number of rotatable bonds is 4. The summed E-state index contributed by atoms with van der Waals surface area (Å²) in [6.45, 7) is 4.03. The molecule has 3 N–H and O–H groups in total. The molecule has 0 aliphatic carbocycles. The van der Waals surface area contributed by atoms with E-state index in [0.29, 0.717) is 10.8 Å². The van der Waals surface area contributed by atoms with Gasteiger partial charge in [-0.05, 0) is 30.2 Å². The van der Waals surface area contributed by atoms with Gasteiger partial charge in [-0.25, -0.2) is 8.42 Å². The molecule has 1 aromatic carbocycles. The molecule has 0 radical (unpaired) electrons. The zero-order valence-electron chi connectivity index (χ0n) is 9.77. The van der Waals surface area contributed by atoms with Crippen molar-refractivity contribution in [3.63, 3.8) is 0 Å². The molecule has 1 atom stereocenters. The van der Waals surface area contributed by atoms with E-state index >= 15 is 0 Å². The molecule has 0 aliphatic rings. The number of sulfone groups is 1. The van der Waals surface area contributed by atoms with Crippen molar-refractivity contribution in [1.29, 1.82) is 0 Å². The van der Waals surface area contributed by atoms with E-state index in [4.69, 9.17) is 5.73 Å². The van der Waals surface area contributed by atoms with Crippen molar-refractivity contribution < 1.29 is 8.42 Å². The summed E-state index contributed by atoms with van der Waals surface area (Å²) in [6, 6.07) is 6.59. The third-order valence-electron chi connectivity index (χ3n) is 2.33. The second kappa shape index (κ2) is 4.84. The molecule has 0 saturated heterocycles. The molecular formula is C11H18N2O2S. The average Bonchev–Trinajstić information content (AvgIpc) is 2.17. The number of nitrogens with one attached hydrogen (secondary N) is 1. The average molecular weight is 242 g/mol. The van der Waals surface area contributed by atoms with Crippen LogP contribution < -0.4 is 11.1 Å². The lowest BCUT2D eigenvalue weighted by Crippen LogP contribution is -2.34. The molecule has 0 saturated carbocycles. The van der Waals surface area contributed by atoms with E-state index in [1.165, 1.54) is 6.26 Å². The van der Waals surface area contributed by atoms with Crippen LogP contribution in [0.15, 0.2) is 29.2 Å². The Kier molecular flexibility index (Phi) is 3.93. The summed E-state index contributed by atoms with van der Waals surface area (Å²) in [6.07, 6.45) is 1.05. The number of hydrogen-bond donors (Lipinski definition) is 2. The minimum absolute atomic E-state index is 0.135. The summed E-state index contributed by atoms with van der Waals surface area (Å²) in [7, 11) is -3.12. The Bertz CT molecular complexity index is 438. The monoisotopic (exact) mass is 242 g/mol. The van der Waals surface area contributed by atoms with Crippen LogP contribution in [0.25, 0.3) is 0 Å². The van der Waals surface area contributed by atoms with Crippen molar-refractivity contribution in [2.75, 3.05) is 11.6 Å². The Morgan fingerprint density at radius 1 is 1.19 bits per heavy atom.